The zero-order valence-electron chi connectivity index (χ0n) is 18.7. The Morgan fingerprint density at radius 1 is 0.440 bits per heavy atom. The summed E-state index contributed by atoms with van der Waals surface area (Å²) in [7, 11) is 0. The Labute approximate surface area is 158 Å². The maximum Gasteiger partial charge on any atom is 0.0146 e. The van der Waals surface area contributed by atoms with E-state index in [9.17, 15) is 0 Å². The highest BCUT2D eigenvalue weighted by Crippen LogP contribution is 2.32. The lowest BCUT2D eigenvalue weighted by Gasteiger charge is -2.27. The van der Waals surface area contributed by atoms with Crippen molar-refractivity contribution in [3.63, 3.8) is 0 Å². The molecule has 0 aliphatic heterocycles. The van der Waals surface area contributed by atoms with Gasteiger partial charge >= 0.3 is 0 Å². The minimum atomic E-state index is 0.0532. The lowest BCUT2D eigenvalue weighted by atomic mass is 9.77. The third-order valence-corrected chi connectivity index (χ3v) is 3.97. The summed E-state index contributed by atoms with van der Waals surface area (Å²) in [6.07, 6.45) is 0. The summed E-state index contributed by atoms with van der Waals surface area (Å²) in [4.78, 5) is 0. The van der Waals surface area contributed by atoms with Crippen molar-refractivity contribution in [1.29, 1.82) is 0 Å². The number of hydrogen-bond donors (Lipinski definition) is 0. The van der Waals surface area contributed by atoms with Gasteiger partial charge in [0.25, 0.3) is 0 Å². The van der Waals surface area contributed by atoms with Gasteiger partial charge in [0.05, 0.1) is 0 Å². The molecular weight excluding hydrogens is 300 g/mol. The van der Waals surface area contributed by atoms with Crippen LogP contribution >= 0.6 is 0 Å². The van der Waals surface area contributed by atoms with Crippen molar-refractivity contribution in [1.82, 2.24) is 0 Å². The standard InChI is InChI=1S/C19H24.3C2H6/c1-18(2,3)15-11-13-17(14-12-15)19(4,5)16-9-7-6-8-10-16;3*1-2/h6-14H,1-5H3;3*1-2H3. The van der Waals surface area contributed by atoms with Crippen LogP contribution in [-0.4, -0.2) is 0 Å². The van der Waals surface area contributed by atoms with E-state index in [1.165, 1.54) is 16.7 Å². The molecule has 0 heteroatoms. The molecule has 0 amide bonds. The molecular formula is C25H42. The van der Waals surface area contributed by atoms with Crippen LogP contribution in [0.1, 0.15) is 92.9 Å². The number of benzene rings is 2. The van der Waals surface area contributed by atoms with Crippen molar-refractivity contribution in [2.24, 2.45) is 0 Å². The fourth-order valence-corrected chi connectivity index (χ4v) is 2.41. The summed E-state index contributed by atoms with van der Waals surface area (Å²) < 4.78 is 0. The van der Waals surface area contributed by atoms with E-state index in [0.29, 0.717) is 0 Å². The first kappa shape index (κ1) is 25.7. The molecule has 0 aliphatic rings. The molecule has 0 nitrogen and oxygen atoms in total. The molecule has 0 N–H and O–H groups in total. The topological polar surface area (TPSA) is 0 Å². The first-order chi connectivity index (χ1) is 11.8. The van der Waals surface area contributed by atoms with Crippen molar-refractivity contribution in [3.05, 3.63) is 71.3 Å². The molecule has 0 heterocycles. The molecule has 2 aromatic carbocycles. The highest BCUT2D eigenvalue weighted by molar-refractivity contribution is 5.39. The van der Waals surface area contributed by atoms with Crippen LogP contribution in [0.3, 0.4) is 0 Å². The van der Waals surface area contributed by atoms with E-state index in [2.05, 4.69) is 89.2 Å². The molecule has 2 aromatic rings. The second-order valence-corrected chi connectivity index (χ2v) is 6.82. The van der Waals surface area contributed by atoms with Gasteiger partial charge in [-0.05, 0) is 22.1 Å². The van der Waals surface area contributed by atoms with Gasteiger partial charge in [0.1, 0.15) is 0 Å². The van der Waals surface area contributed by atoms with Gasteiger partial charge in [0, 0.05) is 5.41 Å². The van der Waals surface area contributed by atoms with Crippen LogP contribution in [0.4, 0.5) is 0 Å². The summed E-state index contributed by atoms with van der Waals surface area (Å²) in [5, 5.41) is 0. The predicted molar refractivity (Wildman–Crippen MR) is 118 cm³/mol. The molecule has 0 atom stereocenters. The fourth-order valence-electron chi connectivity index (χ4n) is 2.41. The highest BCUT2D eigenvalue weighted by Gasteiger charge is 2.23. The third kappa shape index (κ3) is 7.90. The maximum atomic E-state index is 2.29. The van der Waals surface area contributed by atoms with E-state index in [-0.39, 0.29) is 10.8 Å². The minimum absolute atomic E-state index is 0.0532. The number of rotatable bonds is 2. The summed E-state index contributed by atoms with van der Waals surface area (Å²) >= 11 is 0. The monoisotopic (exact) mass is 342 g/mol. The molecule has 0 bridgehead atoms. The van der Waals surface area contributed by atoms with Gasteiger partial charge in [0.15, 0.2) is 0 Å². The Hall–Kier alpha value is -1.56. The van der Waals surface area contributed by atoms with Gasteiger partial charge in [-0.15, -0.1) is 0 Å². The molecule has 2 rings (SSSR count). The van der Waals surface area contributed by atoms with Crippen molar-refractivity contribution in [3.8, 4) is 0 Å². The van der Waals surface area contributed by atoms with E-state index in [4.69, 9.17) is 0 Å². The molecule has 0 radical (unpaired) electrons. The van der Waals surface area contributed by atoms with Gasteiger partial charge in [-0.3, -0.25) is 0 Å². The molecule has 25 heavy (non-hydrogen) atoms. The molecule has 0 aliphatic carbocycles. The normalized spacial score (nSPS) is 10.2. The number of hydrogen-bond acceptors (Lipinski definition) is 0. The SMILES string of the molecule is CC.CC.CC.CC(C)(C)c1ccc(C(C)(C)c2ccccc2)cc1. The third-order valence-electron chi connectivity index (χ3n) is 3.97. The average Bonchev–Trinajstić information content (AvgIpc) is 2.67. The second-order valence-electron chi connectivity index (χ2n) is 6.82. The summed E-state index contributed by atoms with van der Waals surface area (Å²) in [6, 6.07) is 19.8. The zero-order valence-corrected chi connectivity index (χ0v) is 18.7. The van der Waals surface area contributed by atoms with Crippen molar-refractivity contribution < 1.29 is 0 Å². The van der Waals surface area contributed by atoms with Gasteiger partial charge in [0.2, 0.25) is 0 Å². The molecule has 0 unspecified atom stereocenters. The molecule has 0 spiro atoms. The van der Waals surface area contributed by atoms with Crippen LogP contribution < -0.4 is 0 Å². The van der Waals surface area contributed by atoms with Crippen molar-refractivity contribution in [2.75, 3.05) is 0 Å². The first-order valence-electron chi connectivity index (χ1n) is 9.98. The Morgan fingerprint density at radius 2 is 0.760 bits per heavy atom. The lowest BCUT2D eigenvalue weighted by Crippen LogP contribution is -2.19. The van der Waals surface area contributed by atoms with E-state index in [1.54, 1.807) is 0 Å². The van der Waals surface area contributed by atoms with E-state index in [1.807, 2.05) is 41.5 Å². The Balaban J connectivity index is 0. The lowest BCUT2D eigenvalue weighted by molar-refractivity contribution is 0.587. The van der Waals surface area contributed by atoms with Crippen LogP contribution in [0, 0.1) is 0 Å². The molecule has 0 saturated carbocycles. The average molecular weight is 343 g/mol. The zero-order chi connectivity index (χ0) is 20.1. The van der Waals surface area contributed by atoms with E-state index in [0.717, 1.165) is 0 Å². The van der Waals surface area contributed by atoms with Crippen molar-refractivity contribution in [2.45, 2.75) is 87.0 Å². The second kappa shape index (κ2) is 12.8. The van der Waals surface area contributed by atoms with Gasteiger partial charge < -0.3 is 0 Å². The fraction of sp³-hybridized carbons (Fsp3) is 0.520. The van der Waals surface area contributed by atoms with Crippen molar-refractivity contribution >= 4 is 0 Å². The smallest absolute Gasteiger partial charge is 0.0146 e. The Kier molecular flexibility index (Phi) is 13.1. The van der Waals surface area contributed by atoms with Crippen LogP contribution in [-0.2, 0) is 10.8 Å². The van der Waals surface area contributed by atoms with E-state index < -0.39 is 0 Å². The predicted octanol–water partition coefficient (Wildman–Crippen LogP) is 8.39. The van der Waals surface area contributed by atoms with Gasteiger partial charge in [-0.25, -0.2) is 0 Å². The Morgan fingerprint density at radius 3 is 1.12 bits per heavy atom. The van der Waals surface area contributed by atoms with Crippen LogP contribution in [0.25, 0.3) is 0 Å². The van der Waals surface area contributed by atoms with Gasteiger partial charge in [-0.1, -0.05) is 131 Å². The molecule has 0 aromatic heterocycles. The molecule has 0 fully saturated rings. The first-order valence-corrected chi connectivity index (χ1v) is 9.98. The Bertz CT molecular complexity index is 525. The van der Waals surface area contributed by atoms with Crippen LogP contribution in [0.5, 0.6) is 0 Å². The van der Waals surface area contributed by atoms with Crippen LogP contribution in [0.15, 0.2) is 54.6 Å². The van der Waals surface area contributed by atoms with Crippen LogP contribution in [0.2, 0.25) is 0 Å². The largest absolute Gasteiger partial charge is 0.0683 e. The molecule has 0 saturated heterocycles. The van der Waals surface area contributed by atoms with E-state index >= 15 is 0 Å². The highest BCUT2D eigenvalue weighted by atomic mass is 14.3. The summed E-state index contributed by atoms with van der Waals surface area (Å²) in [6.45, 7) is 23.3. The maximum absolute atomic E-state index is 2.29. The molecule has 142 valence electrons. The summed E-state index contributed by atoms with van der Waals surface area (Å²) in [5.41, 5.74) is 4.39. The van der Waals surface area contributed by atoms with Gasteiger partial charge in [-0.2, -0.15) is 0 Å². The quantitative estimate of drug-likeness (QED) is 0.514. The summed E-state index contributed by atoms with van der Waals surface area (Å²) in [5.74, 6) is 0. The minimum Gasteiger partial charge on any atom is -0.0683 e.